The van der Waals surface area contributed by atoms with E-state index in [0.29, 0.717) is 23.7 Å². The average molecular weight is 292 g/mol. The summed E-state index contributed by atoms with van der Waals surface area (Å²) in [6.45, 7) is 0.847. The molecule has 0 radical (unpaired) electrons. The lowest BCUT2D eigenvalue weighted by atomic mass is 10.2. The van der Waals surface area contributed by atoms with Gasteiger partial charge in [0.05, 0.1) is 12.5 Å². The molecule has 7 nitrogen and oxygen atoms in total. The SMILES string of the molecule is O=C(C[C@@H]1CCCO1)NNC(=O)c1ccc2c(c1)OCO2. The van der Waals surface area contributed by atoms with Gasteiger partial charge in [0.25, 0.3) is 5.91 Å². The molecule has 2 aliphatic rings. The van der Waals surface area contributed by atoms with Crippen molar-refractivity contribution in [3.8, 4) is 11.5 Å². The summed E-state index contributed by atoms with van der Waals surface area (Å²) in [5.41, 5.74) is 5.14. The highest BCUT2D eigenvalue weighted by Gasteiger charge is 2.20. The van der Waals surface area contributed by atoms with E-state index in [1.807, 2.05) is 0 Å². The number of amides is 2. The third-order valence-electron chi connectivity index (χ3n) is 3.39. The van der Waals surface area contributed by atoms with Crippen molar-refractivity contribution in [3.05, 3.63) is 23.8 Å². The molecule has 7 heteroatoms. The minimum Gasteiger partial charge on any atom is -0.454 e. The van der Waals surface area contributed by atoms with Crippen molar-refractivity contribution in [2.75, 3.05) is 13.4 Å². The highest BCUT2D eigenvalue weighted by molar-refractivity contribution is 5.96. The number of rotatable bonds is 3. The molecule has 0 bridgehead atoms. The Bertz CT molecular complexity index is 554. The normalized spacial score (nSPS) is 19.3. The van der Waals surface area contributed by atoms with Gasteiger partial charge in [-0.1, -0.05) is 0 Å². The summed E-state index contributed by atoms with van der Waals surface area (Å²) in [5.74, 6) is 0.451. The van der Waals surface area contributed by atoms with Crippen molar-refractivity contribution in [2.24, 2.45) is 0 Å². The molecule has 1 aromatic carbocycles. The monoisotopic (exact) mass is 292 g/mol. The van der Waals surface area contributed by atoms with Crippen LogP contribution in [-0.2, 0) is 9.53 Å². The molecule has 0 spiro atoms. The smallest absolute Gasteiger partial charge is 0.269 e. The molecule has 0 aromatic heterocycles. The van der Waals surface area contributed by atoms with Crippen LogP contribution in [0.3, 0.4) is 0 Å². The van der Waals surface area contributed by atoms with Gasteiger partial charge in [-0.05, 0) is 31.0 Å². The van der Waals surface area contributed by atoms with Crippen LogP contribution in [0.1, 0.15) is 29.6 Å². The second-order valence-electron chi connectivity index (χ2n) is 4.91. The molecular formula is C14H16N2O5. The van der Waals surface area contributed by atoms with Gasteiger partial charge in [-0.3, -0.25) is 20.4 Å². The van der Waals surface area contributed by atoms with Gasteiger partial charge >= 0.3 is 0 Å². The van der Waals surface area contributed by atoms with Gasteiger partial charge in [-0.25, -0.2) is 0 Å². The predicted molar refractivity (Wildman–Crippen MR) is 71.8 cm³/mol. The quantitative estimate of drug-likeness (QED) is 0.803. The van der Waals surface area contributed by atoms with Crippen molar-refractivity contribution < 1.29 is 23.8 Å². The maximum Gasteiger partial charge on any atom is 0.269 e. The first-order chi connectivity index (χ1) is 10.2. The summed E-state index contributed by atoms with van der Waals surface area (Å²) in [7, 11) is 0. The molecule has 0 saturated carbocycles. The number of fused-ring (bicyclic) bond motifs is 1. The fourth-order valence-electron chi connectivity index (χ4n) is 2.30. The van der Waals surface area contributed by atoms with Crippen molar-refractivity contribution in [3.63, 3.8) is 0 Å². The number of hydrazine groups is 1. The summed E-state index contributed by atoms with van der Waals surface area (Å²) >= 11 is 0. The van der Waals surface area contributed by atoms with Gasteiger partial charge < -0.3 is 14.2 Å². The van der Waals surface area contributed by atoms with E-state index in [-0.39, 0.29) is 25.2 Å². The Balaban J connectivity index is 1.50. The Morgan fingerprint density at radius 3 is 2.86 bits per heavy atom. The summed E-state index contributed by atoms with van der Waals surface area (Å²) in [5, 5.41) is 0. The van der Waals surface area contributed by atoms with Crippen LogP contribution >= 0.6 is 0 Å². The number of ether oxygens (including phenoxy) is 3. The molecule has 0 aliphatic carbocycles. The van der Waals surface area contributed by atoms with Gasteiger partial charge in [0, 0.05) is 12.2 Å². The van der Waals surface area contributed by atoms with Crippen LogP contribution in [0.25, 0.3) is 0 Å². The van der Waals surface area contributed by atoms with E-state index in [1.165, 1.54) is 0 Å². The lowest BCUT2D eigenvalue weighted by Crippen LogP contribution is -2.42. The average Bonchev–Trinajstić information content (AvgIpc) is 3.14. The third-order valence-corrected chi connectivity index (χ3v) is 3.39. The lowest BCUT2D eigenvalue weighted by molar-refractivity contribution is -0.124. The minimum absolute atomic E-state index is 0.0487. The van der Waals surface area contributed by atoms with Gasteiger partial charge in [0.2, 0.25) is 12.7 Å². The van der Waals surface area contributed by atoms with Gasteiger partial charge in [0.1, 0.15) is 0 Å². The zero-order chi connectivity index (χ0) is 14.7. The van der Waals surface area contributed by atoms with Crippen LogP contribution in [-0.4, -0.2) is 31.3 Å². The second-order valence-corrected chi connectivity index (χ2v) is 4.91. The Labute approximate surface area is 121 Å². The molecule has 112 valence electrons. The van der Waals surface area contributed by atoms with Crippen LogP contribution in [0.5, 0.6) is 11.5 Å². The molecule has 2 N–H and O–H groups in total. The Hall–Kier alpha value is -2.28. The number of hydrogen-bond donors (Lipinski definition) is 2. The fourth-order valence-corrected chi connectivity index (χ4v) is 2.30. The summed E-state index contributed by atoms with van der Waals surface area (Å²) in [6.07, 6.45) is 2.05. The Morgan fingerprint density at radius 2 is 2.05 bits per heavy atom. The maximum absolute atomic E-state index is 11.9. The first kappa shape index (κ1) is 13.7. The molecule has 2 heterocycles. The number of hydrogen-bond acceptors (Lipinski definition) is 5. The summed E-state index contributed by atoms with van der Waals surface area (Å²) in [6, 6.07) is 4.84. The highest BCUT2D eigenvalue weighted by atomic mass is 16.7. The van der Waals surface area contributed by atoms with E-state index in [9.17, 15) is 9.59 Å². The first-order valence-corrected chi connectivity index (χ1v) is 6.83. The fraction of sp³-hybridized carbons (Fsp3) is 0.429. The molecule has 2 amide bonds. The number of benzene rings is 1. The van der Waals surface area contributed by atoms with E-state index >= 15 is 0 Å². The van der Waals surface area contributed by atoms with Crippen molar-refractivity contribution in [2.45, 2.75) is 25.4 Å². The molecule has 2 aliphatic heterocycles. The molecule has 21 heavy (non-hydrogen) atoms. The predicted octanol–water partition coefficient (Wildman–Crippen LogP) is 0.745. The number of nitrogens with one attached hydrogen (secondary N) is 2. The lowest BCUT2D eigenvalue weighted by Gasteiger charge is -2.11. The van der Waals surface area contributed by atoms with E-state index in [4.69, 9.17) is 14.2 Å². The third kappa shape index (κ3) is 3.25. The van der Waals surface area contributed by atoms with Crippen LogP contribution < -0.4 is 20.3 Å². The van der Waals surface area contributed by atoms with Crippen LogP contribution in [0.4, 0.5) is 0 Å². The number of carbonyl (C=O) groups excluding carboxylic acids is 2. The van der Waals surface area contributed by atoms with Crippen LogP contribution in [0.15, 0.2) is 18.2 Å². The van der Waals surface area contributed by atoms with Gasteiger partial charge in [-0.15, -0.1) is 0 Å². The standard InChI is InChI=1S/C14H16N2O5/c17-13(7-10-2-1-5-19-10)15-16-14(18)9-3-4-11-12(6-9)21-8-20-11/h3-4,6,10H,1-2,5,7-8H2,(H,15,17)(H,16,18)/t10-/m0/s1. The van der Waals surface area contributed by atoms with Crippen molar-refractivity contribution >= 4 is 11.8 Å². The van der Waals surface area contributed by atoms with E-state index in [1.54, 1.807) is 18.2 Å². The molecule has 3 rings (SSSR count). The van der Waals surface area contributed by atoms with E-state index in [2.05, 4.69) is 10.9 Å². The van der Waals surface area contributed by atoms with Crippen LogP contribution in [0.2, 0.25) is 0 Å². The van der Waals surface area contributed by atoms with Gasteiger partial charge in [0.15, 0.2) is 11.5 Å². The first-order valence-electron chi connectivity index (χ1n) is 6.83. The molecular weight excluding hydrogens is 276 g/mol. The zero-order valence-corrected chi connectivity index (χ0v) is 11.4. The Kier molecular flexibility index (Phi) is 3.92. The molecule has 1 saturated heterocycles. The molecule has 1 aromatic rings. The largest absolute Gasteiger partial charge is 0.454 e. The maximum atomic E-state index is 11.9. The van der Waals surface area contributed by atoms with E-state index in [0.717, 1.165) is 12.8 Å². The Morgan fingerprint density at radius 1 is 1.19 bits per heavy atom. The summed E-state index contributed by atoms with van der Waals surface area (Å²) in [4.78, 5) is 23.6. The number of carbonyl (C=O) groups is 2. The van der Waals surface area contributed by atoms with Crippen molar-refractivity contribution in [1.82, 2.24) is 10.9 Å². The molecule has 0 unspecified atom stereocenters. The van der Waals surface area contributed by atoms with E-state index < -0.39 is 5.91 Å². The second kappa shape index (κ2) is 6.01. The molecule has 1 fully saturated rings. The topological polar surface area (TPSA) is 85.9 Å². The van der Waals surface area contributed by atoms with Gasteiger partial charge in [-0.2, -0.15) is 0 Å². The summed E-state index contributed by atoms with van der Waals surface area (Å²) < 4.78 is 15.7. The molecule has 1 atom stereocenters. The van der Waals surface area contributed by atoms with Crippen LogP contribution in [0, 0.1) is 0 Å². The zero-order valence-electron chi connectivity index (χ0n) is 11.4. The van der Waals surface area contributed by atoms with Crippen molar-refractivity contribution in [1.29, 1.82) is 0 Å². The minimum atomic E-state index is -0.408. The highest BCUT2D eigenvalue weighted by Crippen LogP contribution is 2.32.